The third-order valence-corrected chi connectivity index (χ3v) is 7.54. The molecule has 2 N–H and O–H groups in total. The summed E-state index contributed by atoms with van der Waals surface area (Å²) in [4.78, 5) is 49.4. The van der Waals surface area contributed by atoms with Crippen molar-refractivity contribution in [2.24, 2.45) is 0 Å². The van der Waals surface area contributed by atoms with Crippen LogP contribution in [0.2, 0.25) is 0 Å². The van der Waals surface area contributed by atoms with Gasteiger partial charge in [-0.3, -0.25) is 14.4 Å². The van der Waals surface area contributed by atoms with Gasteiger partial charge in [0.1, 0.15) is 6.04 Å². The number of benzene rings is 2. The predicted molar refractivity (Wildman–Crippen MR) is 149 cm³/mol. The molecule has 1 aliphatic carbocycles. The van der Waals surface area contributed by atoms with E-state index in [1.165, 1.54) is 37.4 Å². The molecule has 12 heteroatoms. The third kappa shape index (κ3) is 7.24. The van der Waals surface area contributed by atoms with Gasteiger partial charge >= 0.3 is 11.9 Å². The lowest BCUT2D eigenvalue weighted by Gasteiger charge is -2.22. The number of allylic oxidation sites excluding steroid dienone is 1. The minimum Gasteiger partial charge on any atom is -0.480 e. The number of nitrogens with one attached hydrogen (secondary N) is 1. The van der Waals surface area contributed by atoms with Gasteiger partial charge in [0.15, 0.2) is 5.67 Å². The number of fused-ring (bicyclic) bond motifs is 3. The number of ether oxygens (including phenoxy) is 2. The zero-order chi connectivity index (χ0) is 31.2. The molecule has 0 bridgehead atoms. The van der Waals surface area contributed by atoms with Gasteiger partial charge in [-0.05, 0) is 42.5 Å². The number of hydrogen-bond acceptors (Lipinski definition) is 6. The molecule has 1 saturated heterocycles. The van der Waals surface area contributed by atoms with Gasteiger partial charge < -0.3 is 24.8 Å². The van der Waals surface area contributed by atoms with Crippen molar-refractivity contribution in [1.82, 2.24) is 10.2 Å². The lowest BCUT2D eigenvalue weighted by Crippen LogP contribution is -2.46. The smallest absolute Gasteiger partial charge is 0.326 e. The Kier molecular flexibility index (Phi) is 9.90. The number of methoxy groups -OCH3 is 1. The molecule has 2 atom stereocenters. The van der Waals surface area contributed by atoms with Gasteiger partial charge in [0, 0.05) is 29.5 Å². The van der Waals surface area contributed by atoms with Crippen LogP contribution in [0.3, 0.4) is 0 Å². The summed E-state index contributed by atoms with van der Waals surface area (Å²) in [6.07, 6.45) is 5.53. The maximum absolute atomic E-state index is 15.5. The molecule has 0 radical (unpaired) electrons. The van der Waals surface area contributed by atoms with Gasteiger partial charge in [-0.15, -0.1) is 0 Å². The number of alkyl halides is 3. The van der Waals surface area contributed by atoms with Crippen LogP contribution in [0.5, 0.6) is 0 Å². The molecule has 2 aromatic carbocycles. The minimum absolute atomic E-state index is 0.0417. The number of likely N-dealkylation sites (tertiary alicyclic amines) is 1. The highest BCUT2D eigenvalue weighted by Crippen LogP contribution is 2.50. The number of carboxylic acid groups (broad SMARTS) is 1. The molecule has 9 nitrogen and oxygen atoms in total. The van der Waals surface area contributed by atoms with E-state index >= 15 is 4.39 Å². The van der Waals surface area contributed by atoms with Crippen molar-refractivity contribution in [3.05, 3.63) is 71.3 Å². The van der Waals surface area contributed by atoms with E-state index in [2.05, 4.69) is 10.1 Å². The van der Waals surface area contributed by atoms with E-state index < -0.39 is 61.5 Å². The van der Waals surface area contributed by atoms with Crippen molar-refractivity contribution in [3.8, 4) is 11.1 Å². The summed E-state index contributed by atoms with van der Waals surface area (Å²) in [5.41, 5.74) is -1.93. The Bertz CT molecular complexity index is 1410. The molecule has 0 aromatic heterocycles. The Morgan fingerprint density at radius 1 is 1.05 bits per heavy atom. The second-order valence-electron chi connectivity index (χ2n) is 10.6. The van der Waals surface area contributed by atoms with Gasteiger partial charge in [-0.1, -0.05) is 42.5 Å². The van der Waals surface area contributed by atoms with E-state index in [1.54, 1.807) is 18.2 Å². The third-order valence-electron chi connectivity index (χ3n) is 7.54. The van der Waals surface area contributed by atoms with Crippen molar-refractivity contribution in [3.63, 3.8) is 0 Å². The number of carboxylic acids is 1. The zero-order valence-electron chi connectivity index (χ0n) is 23.6. The molecule has 1 fully saturated rings. The largest absolute Gasteiger partial charge is 0.480 e. The number of hydrogen-bond donors (Lipinski definition) is 2. The first-order valence-electron chi connectivity index (χ1n) is 13.9. The maximum Gasteiger partial charge on any atom is 0.326 e. The quantitative estimate of drug-likeness (QED) is 0.200. The first kappa shape index (κ1) is 31.7. The molecule has 1 aliphatic heterocycles. The Morgan fingerprint density at radius 2 is 1.79 bits per heavy atom. The molecule has 0 unspecified atom stereocenters. The van der Waals surface area contributed by atoms with E-state index in [4.69, 9.17) is 4.74 Å². The molecule has 4 rings (SSSR count). The van der Waals surface area contributed by atoms with Crippen LogP contribution in [0.15, 0.2) is 54.6 Å². The number of unbranched alkanes of at least 4 members (excludes halogenated alkanes) is 2. The van der Waals surface area contributed by atoms with Crippen LogP contribution in [0.1, 0.15) is 53.6 Å². The van der Waals surface area contributed by atoms with Crippen molar-refractivity contribution in [2.75, 3.05) is 33.4 Å². The minimum atomic E-state index is -3.20. The molecular formula is C31H33F3N2O7. The Hall–Kier alpha value is -4.19. The number of aliphatic carboxylic acids is 1. The first-order valence-corrected chi connectivity index (χ1v) is 13.9. The number of carbonyl (C=O) groups is 4. The number of carbonyl (C=O) groups excluding carboxylic acids is 3. The zero-order valence-corrected chi connectivity index (χ0v) is 23.6. The number of esters is 1. The van der Waals surface area contributed by atoms with Gasteiger partial charge in [0.2, 0.25) is 5.91 Å². The average Bonchev–Trinajstić information content (AvgIpc) is 3.46. The van der Waals surface area contributed by atoms with Crippen molar-refractivity contribution in [2.45, 2.75) is 49.7 Å². The summed E-state index contributed by atoms with van der Waals surface area (Å²) in [7, 11) is 1.33. The van der Waals surface area contributed by atoms with Gasteiger partial charge in [-0.25, -0.2) is 9.18 Å². The second kappa shape index (κ2) is 13.4. The second-order valence-corrected chi connectivity index (χ2v) is 10.6. The molecule has 0 spiro atoms. The van der Waals surface area contributed by atoms with Crippen LogP contribution in [-0.2, 0) is 29.8 Å². The predicted octanol–water partition coefficient (Wildman–Crippen LogP) is 4.24. The SMILES string of the molecule is COC(=O)CCCC/C=C/COC[C@@]1(F)C[C@@H](C(=O)O)N(C(=O)CNC(=O)c2ccc3c(c2)-c2ccccc2C3(F)F)C1. The van der Waals surface area contributed by atoms with E-state index in [1.807, 2.05) is 6.08 Å². The molecule has 2 aromatic rings. The van der Waals surface area contributed by atoms with Crippen LogP contribution in [0, 0.1) is 0 Å². The summed E-state index contributed by atoms with van der Waals surface area (Å²) in [5, 5.41) is 12.0. The summed E-state index contributed by atoms with van der Waals surface area (Å²) < 4.78 is 55.1. The topological polar surface area (TPSA) is 122 Å². The van der Waals surface area contributed by atoms with Crippen LogP contribution < -0.4 is 5.32 Å². The van der Waals surface area contributed by atoms with E-state index in [9.17, 15) is 33.1 Å². The Labute approximate surface area is 246 Å². The Balaban J connectivity index is 1.28. The fraction of sp³-hybridized carbons (Fsp3) is 0.419. The van der Waals surface area contributed by atoms with E-state index in [-0.39, 0.29) is 34.8 Å². The normalized spacial score (nSPS) is 20.1. The molecule has 1 heterocycles. The van der Waals surface area contributed by atoms with Crippen LogP contribution in [0.4, 0.5) is 13.2 Å². The monoisotopic (exact) mass is 602 g/mol. The highest BCUT2D eigenvalue weighted by molar-refractivity contribution is 5.99. The van der Waals surface area contributed by atoms with Crippen LogP contribution >= 0.6 is 0 Å². The van der Waals surface area contributed by atoms with Gasteiger partial charge in [0.25, 0.3) is 11.8 Å². The summed E-state index contributed by atoms with van der Waals surface area (Å²) in [6, 6.07) is 8.28. The molecule has 2 aliphatic rings. The summed E-state index contributed by atoms with van der Waals surface area (Å²) >= 11 is 0. The summed E-state index contributed by atoms with van der Waals surface area (Å²) in [6.45, 7) is -1.48. The van der Waals surface area contributed by atoms with Crippen LogP contribution in [0.25, 0.3) is 11.1 Å². The number of halogens is 3. The van der Waals surface area contributed by atoms with Crippen molar-refractivity contribution in [1.29, 1.82) is 0 Å². The van der Waals surface area contributed by atoms with Crippen molar-refractivity contribution >= 4 is 23.8 Å². The average molecular weight is 603 g/mol. The van der Waals surface area contributed by atoms with Crippen molar-refractivity contribution < 1.29 is 46.9 Å². The highest BCUT2D eigenvalue weighted by Gasteiger charge is 2.50. The highest BCUT2D eigenvalue weighted by atomic mass is 19.3. The molecular weight excluding hydrogens is 569 g/mol. The van der Waals surface area contributed by atoms with Crippen LogP contribution in [-0.4, -0.2) is 78.9 Å². The van der Waals surface area contributed by atoms with Gasteiger partial charge in [-0.2, -0.15) is 8.78 Å². The fourth-order valence-corrected chi connectivity index (χ4v) is 5.33. The Morgan fingerprint density at radius 3 is 2.53 bits per heavy atom. The molecule has 230 valence electrons. The van der Waals surface area contributed by atoms with E-state index in [0.717, 1.165) is 11.3 Å². The standard InChI is InChI=1S/C31H33F3N2O7/c1-42-27(38)11-5-3-2-4-8-14-43-19-30(32)16-25(29(40)41)36(18-30)26(37)17-35-28(39)20-12-13-24-22(15-20)21-9-6-7-10-23(21)31(24,33)34/h4,6-10,12-13,15,25H,2-3,5,11,14,16-19H2,1H3,(H,35,39)(H,40,41)/b8-4+/t25-,30+/m0/s1. The van der Waals surface area contributed by atoms with E-state index in [0.29, 0.717) is 24.8 Å². The first-order chi connectivity index (χ1) is 20.5. The number of rotatable bonds is 13. The lowest BCUT2D eigenvalue weighted by atomic mass is 10.0. The number of amides is 2. The number of nitrogens with zero attached hydrogens (tertiary/aromatic N) is 1. The lowest BCUT2D eigenvalue weighted by molar-refractivity contribution is -0.147. The summed E-state index contributed by atoms with van der Waals surface area (Å²) in [5.74, 6) is -6.38. The molecule has 0 saturated carbocycles. The molecule has 2 amide bonds. The van der Waals surface area contributed by atoms with Gasteiger partial charge in [0.05, 0.1) is 33.4 Å². The fourth-order valence-electron chi connectivity index (χ4n) is 5.33. The molecule has 43 heavy (non-hydrogen) atoms. The maximum atomic E-state index is 15.5.